The predicted octanol–water partition coefficient (Wildman–Crippen LogP) is 6.73. The molecule has 1 aliphatic carbocycles. The van der Waals surface area contributed by atoms with E-state index in [-0.39, 0.29) is 0 Å². The maximum Gasteiger partial charge on any atom is 0.132 e. The Morgan fingerprint density at radius 2 is 1.86 bits per heavy atom. The van der Waals surface area contributed by atoms with Crippen molar-refractivity contribution in [1.29, 1.82) is 0 Å². The molecule has 0 atom stereocenters. The van der Waals surface area contributed by atoms with Crippen molar-refractivity contribution >= 4 is 17.6 Å². The van der Waals surface area contributed by atoms with Crippen LogP contribution in [0.5, 0.6) is 0 Å². The number of nitrogens with one attached hydrogen (secondary N) is 1. The highest BCUT2D eigenvalue weighted by molar-refractivity contribution is 5.76. The summed E-state index contributed by atoms with van der Waals surface area (Å²) in [5.41, 5.74) is 5.76. The van der Waals surface area contributed by atoms with Crippen molar-refractivity contribution in [3.05, 3.63) is 78.1 Å². The van der Waals surface area contributed by atoms with Crippen LogP contribution in [0.2, 0.25) is 0 Å². The Kier molecular flexibility index (Phi) is 5.43. The maximum atomic E-state index is 12.9. The molecular weight excluding hydrogens is 361 g/mol. The Morgan fingerprint density at radius 3 is 2.59 bits per heavy atom. The van der Waals surface area contributed by atoms with Crippen molar-refractivity contribution in [3.63, 3.8) is 0 Å². The molecule has 4 heteroatoms. The minimum atomic E-state index is -0.584. The molecule has 148 valence electrons. The Hall–Kier alpha value is -3.01. The van der Waals surface area contributed by atoms with E-state index in [1.165, 1.54) is 19.3 Å². The van der Waals surface area contributed by atoms with Gasteiger partial charge >= 0.3 is 0 Å². The SMILES string of the molecule is C=Cc1ccc(-c2cccc(CC3(C)CCC3)n2)cc1Nc1cccc(CF)n1. The first-order chi connectivity index (χ1) is 14.1. The van der Waals surface area contributed by atoms with Crippen LogP contribution in [0.15, 0.2) is 61.2 Å². The zero-order valence-corrected chi connectivity index (χ0v) is 16.8. The van der Waals surface area contributed by atoms with Gasteiger partial charge in [-0.1, -0.05) is 50.3 Å². The molecule has 1 aliphatic rings. The highest BCUT2D eigenvalue weighted by Crippen LogP contribution is 2.42. The molecule has 0 aliphatic heterocycles. The van der Waals surface area contributed by atoms with Gasteiger partial charge in [0.05, 0.1) is 11.4 Å². The number of benzene rings is 1. The smallest absolute Gasteiger partial charge is 0.132 e. The van der Waals surface area contributed by atoms with Gasteiger partial charge in [0.25, 0.3) is 0 Å². The molecule has 1 fully saturated rings. The van der Waals surface area contributed by atoms with Gasteiger partial charge in [0.15, 0.2) is 0 Å². The molecule has 1 saturated carbocycles. The highest BCUT2D eigenvalue weighted by atomic mass is 19.1. The summed E-state index contributed by atoms with van der Waals surface area (Å²) in [4.78, 5) is 9.22. The molecule has 2 heterocycles. The number of rotatable bonds is 7. The average molecular weight is 388 g/mol. The van der Waals surface area contributed by atoms with Crippen LogP contribution in [0.1, 0.15) is 43.1 Å². The third-order valence-electron chi connectivity index (χ3n) is 5.75. The second-order valence-electron chi connectivity index (χ2n) is 8.13. The predicted molar refractivity (Wildman–Crippen MR) is 118 cm³/mol. The van der Waals surface area contributed by atoms with E-state index >= 15 is 0 Å². The molecule has 0 spiro atoms. The van der Waals surface area contributed by atoms with Gasteiger partial charge in [0, 0.05) is 16.9 Å². The lowest BCUT2D eigenvalue weighted by atomic mass is 9.68. The van der Waals surface area contributed by atoms with Gasteiger partial charge in [0.1, 0.15) is 12.5 Å². The fourth-order valence-electron chi connectivity index (χ4n) is 3.90. The van der Waals surface area contributed by atoms with Crippen molar-refractivity contribution in [2.45, 2.75) is 39.3 Å². The fourth-order valence-corrected chi connectivity index (χ4v) is 3.90. The minimum absolute atomic E-state index is 0.401. The molecular formula is C25H26FN3. The largest absolute Gasteiger partial charge is 0.340 e. The molecule has 3 nitrogen and oxygen atoms in total. The second-order valence-corrected chi connectivity index (χ2v) is 8.13. The summed E-state index contributed by atoms with van der Waals surface area (Å²) in [6.45, 7) is 5.67. The van der Waals surface area contributed by atoms with E-state index in [9.17, 15) is 4.39 Å². The lowest BCUT2D eigenvalue weighted by Gasteiger charge is -2.38. The first kappa shape index (κ1) is 19.3. The number of aromatic nitrogens is 2. The van der Waals surface area contributed by atoms with E-state index in [0.29, 0.717) is 16.9 Å². The van der Waals surface area contributed by atoms with Crippen LogP contribution in [0.4, 0.5) is 15.9 Å². The van der Waals surface area contributed by atoms with Crippen LogP contribution in [0.25, 0.3) is 17.3 Å². The average Bonchev–Trinajstić information content (AvgIpc) is 2.73. The number of anilines is 2. The lowest BCUT2D eigenvalue weighted by molar-refractivity contribution is 0.159. The molecule has 1 aromatic carbocycles. The van der Waals surface area contributed by atoms with Crippen LogP contribution in [-0.2, 0) is 13.1 Å². The number of hydrogen-bond acceptors (Lipinski definition) is 3. The van der Waals surface area contributed by atoms with E-state index in [2.05, 4.69) is 48.1 Å². The quantitative estimate of drug-likeness (QED) is 0.488. The molecule has 2 aromatic heterocycles. The van der Waals surface area contributed by atoms with E-state index in [1.54, 1.807) is 18.2 Å². The van der Waals surface area contributed by atoms with Crippen molar-refractivity contribution in [1.82, 2.24) is 9.97 Å². The summed E-state index contributed by atoms with van der Waals surface area (Å²) in [6, 6.07) is 17.7. The molecule has 29 heavy (non-hydrogen) atoms. The van der Waals surface area contributed by atoms with Crippen molar-refractivity contribution in [2.24, 2.45) is 5.41 Å². The van der Waals surface area contributed by atoms with Gasteiger partial charge in [0.2, 0.25) is 0 Å². The van der Waals surface area contributed by atoms with E-state index < -0.39 is 6.67 Å². The Labute approximate surface area is 171 Å². The summed E-state index contributed by atoms with van der Waals surface area (Å²) in [5.74, 6) is 0.611. The highest BCUT2D eigenvalue weighted by Gasteiger charge is 2.32. The molecule has 0 bridgehead atoms. The van der Waals surface area contributed by atoms with E-state index in [0.717, 1.165) is 34.6 Å². The summed E-state index contributed by atoms with van der Waals surface area (Å²) in [5, 5.41) is 3.30. The van der Waals surface area contributed by atoms with Crippen molar-refractivity contribution in [2.75, 3.05) is 5.32 Å². The first-order valence-electron chi connectivity index (χ1n) is 10.1. The van der Waals surface area contributed by atoms with Gasteiger partial charge in [-0.25, -0.2) is 9.37 Å². The van der Waals surface area contributed by atoms with E-state index in [1.807, 2.05) is 18.2 Å². The standard InChI is InChI=1S/C25H26FN3/c1-3-18-11-12-19(15-23(18)29-24-10-5-8-21(17-26)28-24)22-9-4-7-20(27-22)16-25(2)13-6-14-25/h3-5,7-12,15H,1,6,13-14,16-17H2,2H3,(H,28,29). The molecule has 0 amide bonds. The first-order valence-corrected chi connectivity index (χ1v) is 10.1. The van der Waals surface area contributed by atoms with Crippen LogP contribution in [-0.4, -0.2) is 9.97 Å². The number of nitrogens with zero attached hydrogens (tertiary/aromatic N) is 2. The van der Waals surface area contributed by atoms with Gasteiger partial charge in [-0.15, -0.1) is 0 Å². The zero-order chi connectivity index (χ0) is 20.3. The van der Waals surface area contributed by atoms with Crippen molar-refractivity contribution < 1.29 is 4.39 Å². The molecule has 0 radical (unpaired) electrons. The lowest BCUT2D eigenvalue weighted by Crippen LogP contribution is -2.28. The third-order valence-corrected chi connectivity index (χ3v) is 5.75. The normalized spacial score (nSPS) is 14.8. The van der Waals surface area contributed by atoms with Gasteiger partial charge in [-0.05, 0) is 60.6 Å². The van der Waals surface area contributed by atoms with Gasteiger partial charge < -0.3 is 5.32 Å². The summed E-state index contributed by atoms with van der Waals surface area (Å²) in [6.07, 6.45) is 6.72. The van der Waals surface area contributed by atoms with Gasteiger partial charge in [-0.2, -0.15) is 0 Å². The molecule has 1 N–H and O–H groups in total. The van der Waals surface area contributed by atoms with E-state index in [4.69, 9.17) is 4.98 Å². The molecule has 0 unspecified atom stereocenters. The second kappa shape index (κ2) is 8.16. The third kappa shape index (κ3) is 4.37. The number of hydrogen-bond donors (Lipinski definition) is 1. The van der Waals surface area contributed by atoms with Gasteiger partial charge in [-0.3, -0.25) is 4.98 Å². The number of alkyl halides is 1. The molecule has 3 aromatic rings. The summed E-state index contributed by atoms with van der Waals surface area (Å²) in [7, 11) is 0. The van der Waals surface area contributed by atoms with Crippen LogP contribution < -0.4 is 5.32 Å². The van der Waals surface area contributed by atoms with Crippen LogP contribution >= 0.6 is 0 Å². The molecule has 4 rings (SSSR count). The monoisotopic (exact) mass is 387 g/mol. The summed E-state index contributed by atoms with van der Waals surface area (Å²) >= 11 is 0. The van der Waals surface area contributed by atoms with Crippen LogP contribution in [0, 0.1) is 5.41 Å². The number of halogens is 1. The number of pyridine rings is 2. The van der Waals surface area contributed by atoms with Crippen molar-refractivity contribution in [3.8, 4) is 11.3 Å². The Morgan fingerprint density at radius 1 is 1.07 bits per heavy atom. The topological polar surface area (TPSA) is 37.8 Å². The fraction of sp³-hybridized carbons (Fsp3) is 0.280. The Balaban J connectivity index is 1.63. The summed E-state index contributed by atoms with van der Waals surface area (Å²) < 4.78 is 12.9. The molecule has 0 saturated heterocycles. The maximum absolute atomic E-state index is 12.9. The Bertz CT molecular complexity index is 1020. The van der Waals surface area contributed by atoms with Crippen LogP contribution in [0.3, 0.4) is 0 Å². The minimum Gasteiger partial charge on any atom is -0.340 e. The zero-order valence-electron chi connectivity index (χ0n) is 16.8.